The van der Waals surface area contributed by atoms with E-state index in [9.17, 15) is 0 Å². The summed E-state index contributed by atoms with van der Waals surface area (Å²) in [6.45, 7) is 4.26. The average molecular weight is 490 g/mol. The van der Waals surface area contributed by atoms with Crippen LogP contribution in [-0.2, 0) is 6.42 Å². The van der Waals surface area contributed by atoms with Crippen molar-refractivity contribution in [1.82, 2.24) is 0 Å². The summed E-state index contributed by atoms with van der Waals surface area (Å²) in [6.07, 6.45) is 5.62. The fourth-order valence-corrected chi connectivity index (χ4v) is 5.18. The minimum atomic E-state index is 0.954. The monoisotopic (exact) mass is 489 g/mol. The molecule has 1 aliphatic carbocycles. The first-order valence-corrected chi connectivity index (χ1v) is 13.2. The Kier molecular flexibility index (Phi) is 6.50. The summed E-state index contributed by atoms with van der Waals surface area (Å²) < 4.78 is 0. The molecule has 0 spiro atoms. The molecule has 0 bridgehead atoms. The first-order chi connectivity index (χ1) is 18.6. The Hall–Kier alpha value is -4.62. The van der Waals surface area contributed by atoms with Crippen molar-refractivity contribution in [2.24, 2.45) is 0 Å². The number of nitrogens with zero attached hydrogens (tertiary/aromatic N) is 1. The van der Waals surface area contributed by atoms with Gasteiger partial charge < -0.3 is 4.90 Å². The Morgan fingerprint density at radius 3 is 1.61 bits per heavy atom. The molecule has 5 aromatic rings. The molecule has 5 aromatic carbocycles. The van der Waals surface area contributed by atoms with Crippen LogP contribution in [0.15, 0.2) is 133 Å². The highest BCUT2D eigenvalue weighted by atomic mass is 15.1. The van der Waals surface area contributed by atoms with E-state index in [1.165, 1.54) is 44.5 Å². The Balaban J connectivity index is 1.37. The topological polar surface area (TPSA) is 3.24 Å². The Morgan fingerprint density at radius 2 is 1.00 bits per heavy atom. The Bertz CT molecular complexity index is 1560. The summed E-state index contributed by atoms with van der Waals surface area (Å²) in [7, 11) is 0. The minimum Gasteiger partial charge on any atom is -0.311 e. The number of hydrogen-bond donors (Lipinski definition) is 0. The van der Waals surface area contributed by atoms with Crippen molar-refractivity contribution in [2.75, 3.05) is 4.90 Å². The number of hydrogen-bond acceptors (Lipinski definition) is 1. The van der Waals surface area contributed by atoms with Crippen LogP contribution in [0.25, 0.3) is 17.7 Å². The molecule has 0 N–H and O–H groups in total. The third-order valence-corrected chi connectivity index (χ3v) is 7.22. The molecule has 0 aliphatic heterocycles. The Morgan fingerprint density at radius 1 is 0.500 bits per heavy atom. The van der Waals surface area contributed by atoms with E-state index in [-0.39, 0.29) is 0 Å². The number of allylic oxidation sites excluding steroid dienone is 2. The van der Waals surface area contributed by atoms with E-state index in [1.807, 2.05) is 0 Å². The van der Waals surface area contributed by atoms with Crippen LogP contribution in [-0.4, -0.2) is 0 Å². The molecule has 0 radical (unpaired) electrons. The van der Waals surface area contributed by atoms with Gasteiger partial charge in [-0.3, -0.25) is 0 Å². The molecule has 0 unspecified atom stereocenters. The number of anilines is 3. The van der Waals surface area contributed by atoms with Crippen molar-refractivity contribution in [3.8, 4) is 0 Å². The lowest BCUT2D eigenvalue weighted by Gasteiger charge is -2.26. The third-order valence-electron chi connectivity index (χ3n) is 7.22. The lowest BCUT2D eigenvalue weighted by atomic mass is 10.00. The van der Waals surface area contributed by atoms with Crippen molar-refractivity contribution in [2.45, 2.75) is 20.3 Å². The molecule has 1 heteroatoms. The first-order valence-electron chi connectivity index (χ1n) is 13.2. The van der Waals surface area contributed by atoms with Gasteiger partial charge in [-0.2, -0.15) is 0 Å². The van der Waals surface area contributed by atoms with Crippen molar-refractivity contribution < 1.29 is 0 Å². The molecule has 1 aliphatic rings. The molecule has 6 rings (SSSR count). The van der Waals surface area contributed by atoms with Gasteiger partial charge in [0.15, 0.2) is 0 Å². The predicted molar refractivity (Wildman–Crippen MR) is 163 cm³/mol. The van der Waals surface area contributed by atoms with Crippen molar-refractivity contribution >= 4 is 34.8 Å². The fourth-order valence-electron chi connectivity index (χ4n) is 5.18. The van der Waals surface area contributed by atoms with Gasteiger partial charge in [-0.05, 0) is 96.1 Å². The molecule has 0 fully saturated rings. The van der Waals surface area contributed by atoms with E-state index in [4.69, 9.17) is 0 Å². The van der Waals surface area contributed by atoms with Crippen molar-refractivity contribution in [3.05, 3.63) is 166 Å². The smallest absolute Gasteiger partial charge is 0.0462 e. The van der Waals surface area contributed by atoms with Gasteiger partial charge in [0.25, 0.3) is 0 Å². The lowest BCUT2D eigenvalue weighted by molar-refractivity contribution is 1.26. The quantitative estimate of drug-likeness (QED) is 0.237. The van der Waals surface area contributed by atoms with E-state index < -0.39 is 0 Å². The maximum atomic E-state index is 2.35. The fraction of sp³-hybridized carbons (Fsp3) is 0.0811. The number of rotatable bonds is 5. The molecule has 184 valence electrons. The van der Waals surface area contributed by atoms with Gasteiger partial charge in [0, 0.05) is 17.1 Å². The maximum absolute atomic E-state index is 2.35. The van der Waals surface area contributed by atoms with E-state index >= 15 is 0 Å². The molecular formula is C37H31N. The van der Waals surface area contributed by atoms with Gasteiger partial charge in [0.05, 0.1) is 0 Å². The molecule has 0 heterocycles. The SMILES string of the molecule is Cc1ccc(N(c2ccc(C)cc2)c2ccc(/C=C3\Cc4ccccc4\C3=C/c3ccccc3)cc2)cc1. The molecular weight excluding hydrogens is 458 g/mol. The van der Waals surface area contributed by atoms with Crippen molar-refractivity contribution in [3.63, 3.8) is 0 Å². The molecule has 0 aromatic heterocycles. The van der Waals surface area contributed by atoms with Crippen LogP contribution in [0, 0.1) is 13.8 Å². The highest BCUT2D eigenvalue weighted by molar-refractivity contribution is 5.98. The second-order valence-corrected chi connectivity index (χ2v) is 10.1. The molecule has 0 amide bonds. The third kappa shape index (κ3) is 4.96. The zero-order valence-corrected chi connectivity index (χ0v) is 21.9. The lowest BCUT2D eigenvalue weighted by Crippen LogP contribution is -2.09. The van der Waals surface area contributed by atoms with Gasteiger partial charge >= 0.3 is 0 Å². The molecule has 0 saturated heterocycles. The van der Waals surface area contributed by atoms with Gasteiger partial charge in [0.1, 0.15) is 0 Å². The van der Waals surface area contributed by atoms with Gasteiger partial charge in [-0.25, -0.2) is 0 Å². The van der Waals surface area contributed by atoms with E-state index in [0.29, 0.717) is 0 Å². The van der Waals surface area contributed by atoms with E-state index in [2.05, 4.69) is 158 Å². The second-order valence-electron chi connectivity index (χ2n) is 10.1. The zero-order valence-electron chi connectivity index (χ0n) is 21.9. The van der Waals surface area contributed by atoms with E-state index in [1.54, 1.807) is 0 Å². The number of benzene rings is 5. The zero-order chi connectivity index (χ0) is 25.9. The van der Waals surface area contributed by atoms with Crippen LogP contribution in [0.4, 0.5) is 17.1 Å². The number of aryl methyl sites for hydroxylation is 2. The molecule has 0 atom stereocenters. The summed E-state index contributed by atoms with van der Waals surface area (Å²) in [5.74, 6) is 0. The maximum Gasteiger partial charge on any atom is 0.0462 e. The van der Waals surface area contributed by atoms with Crippen molar-refractivity contribution in [1.29, 1.82) is 0 Å². The summed E-state index contributed by atoms with van der Waals surface area (Å²) in [6, 6.07) is 45.8. The Labute approximate surface area is 226 Å². The van der Waals surface area contributed by atoms with Crippen LogP contribution < -0.4 is 4.90 Å². The highest BCUT2D eigenvalue weighted by Crippen LogP contribution is 2.40. The summed E-state index contributed by atoms with van der Waals surface area (Å²) in [5, 5.41) is 0. The minimum absolute atomic E-state index is 0.954. The van der Waals surface area contributed by atoms with Crippen LogP contribution in [0.3, 0.4) is 0 Å². The highest BCUT2D eigenvalue weighted by Gasteiger charge is 2.21. The van der Waals surface area contributed by atoms with Crippen LogP contribution in [0.1, 0.15) is 33.4 Å². The van der Waals surface area contributed by atoms with Crippen LogP contribution in [0.2, 0.25) is 0 Å². The first kappa shape index (κ1) is 23.8. The number of fused-ring (bicyclic) bond motifs is 1. The normalized spacial score (nSPS) is 14.6. The average Bonchev–Trinajstić information content (AvgIpc) is 3.29. The molecule has 38 heavy (non-hydrogen) atoms. The van der Waals surface area contributed by atoms with Gasteiger partial charge in [-0.15, -0.1) is 0 Å². The summed E-state index contributed by atoms with van der Waals surface area (Å²) >= 11 is 0. The molecule has 0 saturated carbocycles. The predicted octanol–water partition coefficient (Wildman–Crippen LogP) is 9.95. The molecule has 1 nitrogen and oxygen atoms in total. The van der Waals surface area contributed by atoms with Crippen LogP contribution >= 0.6 is 0 Å². The van der Waals surface area contributed by atoms with Crippen LogP contribution in [0.5, 0.6) is 0 Å². The van der Waals surface area contributed by atoms with Gasteiger partial charge in [-0.1, -0.05) is 108 Å². The summed E-state index contributed by atoms with van der Waals surface area (Å²) in [4.78, 5) is 2.32. The standard InChI is InChI=1S/C37H31N/c1-27-12-18-33(19-13-27)38(34-20-14-28(2)15-21-34)35-22-16-30(17-23-35)24-32-26-31-10-6-7-11-36(31)37(32)25-29-8-4-3-5-9-29/h3-25H,26H2,1-2H3/b32-24+,37-25-. The van der Waals surface area contributed by atoms with E-state index in [0.717, 1.165) is 23.5 Å². The van der Waals surface area contributed by atoms with Gasteiger partial charge in [0.2, 0.25) is 0 Å². The largest absolute Gasteiger partial charge is 0.311 e. The summed E-state index contributed by atoms with van der Waals surface area (Å²) in [5.41, 5.74) is 13.8. The second kappa shape index (κ2) is 10.4.